The molecule has 3 heterocycles. The van der Waals surface area contributed by atoms with Gasteiger partial charge in [-0.15, -0.1) is 0 Å². The maximum absolute atomic E-state index is 13.6. The molecule has 2 aromatic carbocycles. The number of hydrogen-bond donors (Lipinski definition) is 3. The minimum Gasteiger partial charge on any atom is -0.387 e. The third-order valence-corrected chi connectivity index (χ3v) is 7.26. The van der Waals surface area contributed by atoms with Gasteiger partial charge in [0.1, 0.15) is 5.54 Å². The highest BCUT2D eigenvalue weighted by atomic mass is 35.5. The molecule has 182 valence electrons. The average Bonchev–Trinajstić information content (AvgIpc) is 3.42. The number of benzene rings is 2. The van der Waals surface area contributed by atoms with Gasteiger partial charge < -0.3 is 15.2 Å². The number of halogens is 1. The molecule has 0 aromatic heterocycles. The molecule has 2 aromatic rings. The first-order valence-electron chi connectivity index (χ1n) is 10.9. The molecule has 3 amide bonds. The van der Waals surface area contributed by atoms with Crippen molar-refractivity contribution < 1.29 is 29.2 Å². The Labute approximate surface area is 204 Å². The topological polar surface area (TPSA) is 151 Å². The molecule has 2 saturated heterocycles. The summed E-state index contributed by atoms with van der Waals surface area (Å²) in [6.07, 6.45) is -1.28. The molecule has 0 unspecified atom stereocenters. The van der Waals surface area contributed by atoms with Crippen molar-refractivity contribution in [2.24, 2.45) is 11.8 Å². The second kappa shape index (κ2) is 8.38. The van der Waals surface area contributed by atoms with Crippen molar-refractivity contribution in [1.29, 1.82) is 0 Å². The molecule has 0 bridgehead atoms. The summed E-state index contributed by atoms with van der Waals surface area (Å²) >= 11 is 5.97. The molecule has 5 rings (SSSR count). The predicted molar refractivity (Wildman–Crippen MR) is 122 cm³/mol. The number of rotatable bonds is 6. The largest absolute Gasteiger partial charge is 0.387 e. The molecule has 1 spiro atoms. The van der Waals surface area contributed by atoms with Crippen molar-refractivity contribution >= 4 is 40.7 Å². The number of imide groups is 1. The number of anilines is 1. The van der Waals surface area contributed by atoms with Crippen LogP contribution in [0.1, 0.15) is 17.2 Å². The number of nitrogens with one attached hydrogen (secondary N) is 2. The summed E-state index contributed by atoms with van der Waals surface area (Å²) in [5.74, 6) is -4.09. The van der Waals surface area contributed by atoms with Crippen LogP contribution in [0.5, 0.6) is 0 Å². The van der Waals surface area contributed by atoms with Crippen LogP contribution in [0.25, 0.3) is 0 Å². The molecule has 0 aliphatic carbocycles. The van der Waals surface area contributed by atoms with E-state index >= 15 is 0 Å². The minimum absolute atomic E-state index is 0.0234. The highest BCUT2D eigenvalue weighted by Crippen LogP contribution is 2.55. The highest BCUT2D eigenvalue weighted by molar-refractivity contribution is 6.30. The van der Waals surface area contributed by atoms with Crippen LogP contribution in [-0.2, 0) is 24.7 Å². The zero-order chi connectivity index (χ0) is 25.1. The predicted octanol–water partition coefficient (Wildman–Crippen LogP) is 1.35. The lowest BCUT2D eigenvalue weighted by Gasteiger charge is -2.30. The molecule has 11 nitrogen and oxygen atoms in total. The van der Waals surface area contributed by atoms with E-state index in [1.807, 2.05) is 0 Å². The summed E-state index contributed by atoms with van der Waals surface area (Å²) in [7, 11) is 1.43. The van der Waals surface area contributed by atoms with E-state index in [0.29, 0.717) is 16.3 Å². The van der Waals surface area contributed by atoms with E-state index in [9.17, 15) is 29.6 Å². The summed E-state index contributed by atoms with van der Waals surface area (Å²) in [6, 6.07) is 9.16. The second-order valence-electron chi connectivity index (χ2n) is 8.74. The molecule has 0 saturated carbocycles. The van der Waals surface area contributed by atoms with Gasteiger partial charge in [-0.05, 0) is 23.8 Å². The Morgan fingerprint density at radius 1 is 1.20 bits per heavy atom. The number of nitro groups is 1. The van der Waals surface area contributed by atoms with Crippen LogP contribution < -0.4 is 10.6 Å². The minimum atomic E-state index is -1.78. The number of aliphatic hydroxyl groups is 1. The molecule has 3 N–H and O–H groups in total. The number of ether oxygens (including phenoxy) is 1. The number of carbonyl (C=O) groups is 3. The smallest absolute Gasteiger partial charge is 0.269 e. The number of fused-ring (bicyclic) bond motifs is 4. The van der Waals surface area contributed by atoms with Crippen LogP contribution in [-0.4, -0.2) is 59.0 Å². The van der Waals surface area contributed by atoms with Gasteiger partial charge in [0.25, 0.3) is 5.69 Å². The number of non-ortho nitro benzene ring substituents is 1. The monoisotopic (exact) mass is 500 g/mol. The van der Waals surface area contributed by atoms with Crippen LogP contribution in [0.3, 0.4) is 0 Å². The number of nitrogens with zero attached hydrogens (tertiary/aromatic N) is 2. The van der Waals surface area contributed by atoms with E-state index in [1.54, 1.807) is 24.3 Å². The fourth-order valence-electron chi connectivity index (χ4n) is 5.43. The van der Waals surface area contributed by atoms with Gasteiger partial charge in [-0.1, -0.05) is 23.7 Å². The summed E-state index contributed by atoms with van der Waals surface area (Å²) in [5.41, 5.74) is -1.14. The second-order valence-corrected chi connectivity index (χ2v) is 9.18. The Bertz CT molecular complexity index is 1250. The molecular formula is C23H21ClN4O7. The molecular weight excluding hydrogens is 480 g/mol. The van der Waals surface area contributed by atoms with E-state index in [0.717, 1.165) is 4.90 Å². The third-order valence-electron chi connectivity index (χ3n) is 7.01. The molecule has 2 fully saturated rings. The van der Waals surface area contributed by atoms with Gasteiger partial charge in [-0.2, -0.15) is 0 Å². The normalized spacial score (nSPS) is 27.8. The van der Waals surface area contributed by atoms with E-state index in [2.05, 4.69) is 10.6 Å². The number of aliphatic hydroxyl groups excluding tert-OH is 1. The zero-order valence-corrected chi connectivity index (χ0v) is 19.2. The standard InChI is InChI=1S/C23H21ClN4O7/c1-35-9-8-27-20(30)16-17(21(27)31)23(26-18(16)19(29)11-2-4-12(24)5-3-11)14-10-13(28(33)34)6-7-15(14)25-22(23)32/h2-7,10,16-19,26,29H,8-9H2,1H3,(H,25,32)/t16-,17-,18-,19-,23-/m1/s1. The van der Waals surface area contributed by atoms with E-state index < -0.39 is 52.2 Å². The first-order valence-corrected chi connectivity index (χ1v) is 11.2. The van der Waals surface area contributed by atoms with Crippen molar-refractivity contribution in [2.75, 3.05) is 25.6 Å². The lowest BCUT2D eigenvalue weighted by atomic mass is 9.76. The Morgan fingerprint density at radius 3 is 2.57 bits per heavy atom. The number of methoxy groups -OCH3 is 1. The summed E-state index contributed by atoms with van der Waals surface area (Å²) in [6.45, 7) is 0.0699. The van der Waals surface area contributed by atoms with Crippen molar-refractivity contribution in [1.82, 2.24) is 10.2 Å². The summed E-state index contributed by atoms with van der Waals surface area (Å²) in [4.78, 5) is 52.4. The van der Waals surface area contributed by atoms with Crippen molar-refractivity contribution in [3.05, 3.63) is 68.7 Å². The van der Waals surface area contributed by atoms with Gasteiger partial charge in [0, 0.05) is 35.5 Å². The molecule has 0 radical (unpaired) electrons. The maximum atomic E-state index is 13.6. The number of hydrogen-bond acceptors (Lipinski definition) is 8. The first-order chi connectivity index (χ1) is 16.7. The van der Waals surface area contributed by atoms with E-state index in [4.69, 9.17) is 16.3 Å². The van der Waals surface area contributed by atoms with Crippen LogP contribution in [0.2, 0.25) is 5.02 Å². The van der Waals surface area contributed by atoms with Gasteiger partial charge >= 0.3 is 0 Å². The fraction of sp³-hybridized carbons (Fsp3) is 0.348. The summed E-state index contributed by atoms with van der Waals surface area (Å²) in [5, 5.41) is 29.0. The van der Waals surface area contributed by atoms with Gasteiger partial charge in [-0.3, -0.25) is 34.7 Å². The molecule has 5 atom stereocenters. The quantitative estimate of drug-likeness (QED) is 0.305. The van der Waals surface area contributed by atoms with Crippen LogP contribution in [0, 0.1) is 22.0 Å². The molecule has 35 heavy (non-hydrogen) atoms. The Balaban J connectivity index is 1.66. The molecule has 3 aliphatic heterocycles. The number of amides is 3. The van der Waals surface area contributed by atoms with Gasteiger partial charge in [0.15, 0.2) is 0 Å². The number of carbonyl (C=O) groups excluding carboxylic acids is 3. The Morgan fingerprint density at radius 2 is 1.91 bits per heavy atom. The Kier molecular flexibility index (Phi) is 5.59. The Hall–Kier alpha value is -3.38. The van der Waals surface area contributed by atoms with Gasteiger partial charge in [0.2, 0.25) is 17.7 Å². The zero-order valence-electron chi connectivity index (χ0n) is 18.4. The van der Waals surface area contributed by atoms with Gasteiger partial charge in [-0.25, -0.2) is 0 Å². The lowest BCUT2D eigenvalue weighted by Crippen LogP contribution is -2.54. The number of nitro benzene ring substituents is 1. The number of likely N-dealkylation sites (tertiary alicyclic amines) is 1. The summed E-state index contributed by atoms with van der Waals surface area (Å²) < 4.78 is 5.04. The van der Waals surface area contributed by atoms with Crippen molar-refractivity contribution in [3.63, 3.8) is 0 Å². The van der Waals surface area contributed by atoms with Crippen molar-refractivity contribution in [2.45, 2.75) is 17.7 Å². The third kappa shape index (κ3) is 3.34. The maximum Gasteiger partial charge on any atom is 0.269 e. The average molecular weight is 501 g/mol. The lowest BCUT2D eigenvalue weighted by molar-refractivity contribution is -0.384. The van der Waals surface area contributed by atoms with E-state index in [1.165, 1.54) is 25.3 Å². The fourth-order valence-corrected chi connectivity index (χ4v) is 5.56. The van der Waals surface area contributed by atoms with Crippen molar-refractivity contribution in [3.8, 4) is 0 Å². The van der Waals surface area contributed by atoms with E-state index in [-0.39, 0.29) is 24.4 Å². The molecule has 12 heteroatoms. The SMILES string of the molecule is COCCN1C(=O)[C@H]2[C@H]([C@H](O)c3ccc(Cl)cc3)N[C@@]3(C(=O)Nc4ccc([N+](=O)[O-])cc43)[C@H]2C1=O. The molecule has 3 aliphatic rings. The first kappa shape index (κ1) is 23.4. The van der Waals surface area contributed by atoms with Crippen LogP contribution in [0.15, 0.2) is 42.5 Å². The van der Waals surface area contributed by atoms with Crippen LogP contribution in [0.4, 0.5) is 11.4 Å². The highest BCUT2D eigenvalue weighted by Gasteiger charge is 2.71. The van der Waals surface area contributed by atoms with Crippen LogP contribution >= 0.6 is 11.6 Å². The van der Waals surface area contributed by atoms with Gasteiger partial charge in [0.05, 0.1) is 42.1 Å².